The maximum absolute atomic E-state index is 14.5. The quantitative estimate of drug-likeness (QED) is 0.130. The van der Waals surface area contributed by atoms with Gasteiger partial charge in [-0.05, 0) is 58.6 Å². The van der Waals surface area contributed by atoms with Gasteiger partial charge in [0.25, 0.3) is 5.91 Å². The van der Waals surface area contributed by atoms with Crippen molar-refractivity contribution < 1.29 is 65.3 Å². The summed E-state index contributed by atoms with van der Waals surface area (Å²) in [6.07, 6.45) is -3.08. The van der Waals surface area contributed by atoms with Gasteiger partial charge in [-0.3, -0.25) is 24.0 Å². The Bertz CT molecular complexity index is 1990. The highest BCUT2D eigenvalue weighted by atomic mass is 32.2. The molecule has 3 aliphatic heterocycles. The van der Waals surface area contributed by atoms with Crippen molar-refractivity contribution in [2.45, 2.75) is 113 Å². The number of amides is 6. The molecule has 1 aromatic rings. The average molecular weight is 821 g/mol. The fraction of sp³-hybridized carbons (Fsp3) is 0.583. The normalized spacial score (nSPS) is 26.8. The second-order valence-corrected chi connectivity index (χ2v) is 17.7. The van der Waals surface area contributed by atoms with E-state index in [-0.39, 0.29) is 25.9 Å². The Morgan fingerprint density at radius 2 is 1.84 bits per heavy atom. The van der Waals surface area contributed by atoms with Gasteiger partial charge >= 0.3 is 24.2 Å². The van der Waals surface area contributed by atoms with Crippen LogP contribution in [0.1, 0.15) is 64.5 Å². The summed E-state index contributed by atoms with van der Waals surface area (Å²) in [6, 6.07) is 0.227. The number of hydrogen-bond acceptors (Lipinski definition) is 13. The van der Waals surface area contributed by atoms with Crippen molar-refractivity contribution in [3.05, 3.63) is 47.8 Å². The maximum atomic E-state index is 14.5. The van der Waals surface area contributed by atoms with E-state index in [4.69, 9.17) is 18.9 Å². The van der Waals surface area contributed by atoms with Crippen LogP contribution in [0.15, 0.2) is 30.9 Å². The lowest BCUT2D eigenvalue weighted by molar-refractivity contribution is -0.174. The van der Waals surface area contributed by atoms with E-state index in [2.05, 4.69) is 22.5 Å². The zero-order valence-corrected chi connectivity index (χ0v) is 32.5. The first-order chi connectivity index (χ1) is 26.7. The number of rotatable bonds is 12. The minimum absolute atomic E-state index is 0.00164. The van der Waals surface area contributed by atoms with Crippen LogP contribution in [0, 0.1) is 11.7 Å². The second kappa shape index (κ2) is 15.5. The van der Waals surface area contributed by atoms with Gasteiger partial charge in [0.15, 0.2) is 6.04 Å². The van der Waals surface area contributed by atoms with Gasteiger partial charge in [0.05, 0.1) is 18.3 Å². The van der Waals surface area contributed by atoms with Crippen molar-refractivity contribution in [1.29, 1.82) is 0 Å². The first-order valence-electron chi connectivity index (χ1n) is 18.4. The lowest BCUT2D eigenvalue weighted by Crippen LogP contribution is -2.60. The summed E-state index contributed by atoms with van der Waals surface area (Å²) >= 11 is 0. The van der Waals surface area contributed by atoms with Crippen LogP contribution in [0.4, 0.5) is 18.8 Å². The lowest BCUT2D eigenvalue weighted by Gasteiger charge is -2.32. The number of carbonyl (C=O) groups is 7. The van der Waals surface area contributed by atoms with Crippen LogP contribution in [0.25, 0.3) is 0 Å². The summed E-state index contributed by atoms with van der Waals surface area (Å²) in [7, 11) is -4.01. The molecule has 4 fully saturated rings. The molecule has 3 heterocycles. The van der Waals surface area contributed by atoms with Crippen molar-refractivity contribution in [3.8, 4) is 0 Å². The maximum Gasteiger partial charge on any atom is 0.410 e. The third-order valence-corrected chi connectivity index (χ3v) is 12.0. The number of carbonyl (C=O) groups excluding carboxylic acids is 7. The Hall–Kier alpha value is -5.47. The summed E-state index contributed by atoms with van der Waals surface area (Å²) < 4.78 is 62.9. The number of ether oxygens (including phenoxy) is 4. The van der Waals surface area contributed by atoms with Crippen LogP contribution in [-0.4, -0.2) is 120 Å². The van der Waals surface area contributed by atoms with E-state index in [0.717, 1.165) is 4.90 Å². The van der Waals surface area contributed by atoms with Gasteiger partial charge in [-0.25, -0.2) is 32.0 Å². The van der Waals surface area contributed by atoms with E-state index < -0.39 is 124 Å². The molecule has 1 aromatic carbocycles. The molecule has 0 spiro atoms. The molecule has 2 saturated heterocycles. The summed E-state index contributed by atoms with van der Waals surface area (Å²) in [5.74, 6) is -4.78. The third-order valence-electron chi connectivity index (χ3n) is 10.2. The molecule has 0 bridgehead atoms. The molecular formula is C36H45FN6O13S. The van der Waals surface area contributed by atoms with Crippen LogP contribution < -0.4 is 20.7 Å². The lowest BCUT2D eigenvalue weighted by atomic mass is 10.1. The number of alkyl carbamates (subject to hydrolysis) is 2. The fourth-order valence-electron chi connectivity index (χ4n) is 6.89. The molecule has 21 heteroatoms. The standard InChI is InChI=1S/C36H45FN6O13S/c1-6-20-13-36(20,31(47)41-57(51,52)22-10-11-22)40-28(44)26-12-21(55-34(50)42-14-19-8-7-9-24(37)23(19)16-42)15-43(26)29(45)25(38-33(49)56-35(3,4)5)17-53-32(48)39-27-18(2)54-30(27)46/h6-9,18,20-22,25-27H,1,10-17H2,2-5H3,(H,38,49)(H,39,48)(H,40,44)(H,41,47). The van der Waals surface area contributed by atoms with Crippen LogP contribution in [0.5, 0.6) is 0 Å². The molecule has 2 aliphatic carbocycles. The van der Waals surface area contributed by atoms with Crippen molar-refractivity contribution >= 4 is 52.0 Å². The number of nitrogens with one attached hydrogen (secondary N) is 4. The Morgan fingerprint density at radius 3 is 2.44 bits per heavy atom. The minimum atomic E-state index is -4.01. The molecule has 6 amide bonds. The smallest absolute Gasteiger partial charge is 0.410 e. The third kappa shape index (κ3) is 9.07. The predicted molar refractivity (Wildman–Crippen MR) is 192 cm³/mol. The van der Waals surface area contributed by atoms with Gasteiger partial charge in [0.2, 0.25) is 21.8 Å². The monoisotopic (exact) mass is 820 g/mol. The van der Waals surface area contributed by atoms with Gasteiger partial charge in [-0.15, -0.1) is 6.58 Å². The first-order valence-corrected chi connectivity index (χ1v) is 19.9. The molecule has 310 valence electrons. The van der Waals surface area contributed by atoms with Crippen LogP contribution in [-0.2, 0) is 61.2 Å². The summed E-state index contributed by atoms with van der Waals surface area (Å²) in [6.45, 7) is 8.60. The van der Waals surface area contributed by atoms with Gasteiger partial charge in [0.1, 0.15) is 47.9 Å². The summed E-state index contributed by atoms with van der Waals surface area (Å²) in [5.41, 5.74) is -1.88. The fourth-order valence-corrected chi connectivity index (χ4v) is 8.26. The van der Waals surface area contributed by atoms with E-state index in [1.807, 2.05) is 4.72 Å². The van der Waals surface area contributed by atoms with Crippen molar-refractivity contribution in [1.82, 2.24) is 30.5 Å². The minimum Gasteiger partial charge on any atom is -0.458 e. The van der Waals surface area contributed by atoms with Crippen LogP contribution >= 0.6 is 0 Å². The molecule has 0 radical (unpaired) electrons. The van der Waals surface area contributed by atoms with Crippen molar-refractivity contribution in [2.24, 2.45) is 5.92 Å². The highest BCUT2D eigenvalue weighted by Crippen LogP contribution is 2.45. The zero-order chi connectivity index (χ0) is 41.6. The molecular weight excluding hydrogens is 775 g/mol. The Labute approximate surface area is 327 Å². The molecule has 5 aliphatic rings. The topological polar surface area (TPSA) is 245 Å². The molecule has 2 saturated carbocycles. The van der Waals surface area contributed by atoms with E-state index in [9.17, 15) is 46.4 Å². The number of nitrogens with zero attached hydrogens (tertiary/aromatic N) is 2. The van der Waals surface area contributed by atoms with Gasteiger partial charge < -0.3 is 39.8 Å². The molecule has 4 N–H and O–H groups in total. The molecule has 57 heavy (non-hydrogen) atoms. The highest BCUT2D eigenvalue weighted by molar-refractivity contribution is 7.91. The van der Waals surface area contributed by atoms with Crippen LogP contribution in [0.2, 0.25) is 0 Å². The van der Waals surface area contributed by atoms with E-state index in [1.54, 1.807) is 26.8 Å². The number of hydrogen-bond donors (Lipinski definition) is 4. The molecule has 6 rings (SSSR count). The number of esters is 1. The molecule has 19 nitrogen and oxygen atoms in total. The number of benzene rings is 1. The van der Waals surface area contributed by atoms with Gasteiger partial charge in [0, 0.05) is 24.4 Å². The first kappa shape index (κ1) is 41.2. The molecule has 7 atom stereocenters. The van der Waals surface area contributed by atoms with Crippen molar-refractivity contribution in [2.75, 3.05) is 13.2 Å². The SMILES string of the molecule is C=CC1CC1(NC(=O)C1CC(OC(=O)N2Cc3cccc(F)c3C2)CN1C(=O)C(COC(=O)NC1C(=O)OC1C)NC(=O)OC(C)(C)C)C(=O)NS(=O)(=O)C1CC1. The van der Waals surface area contributed by atoms with E-state index >= 15 is 0 Å². The van der Waals surface area contributed by atoms with E-state index in [0.29, 0.717) is 24.0 Å². The van der Waals surface area contributed by atoms with Gasteiger partial charge in [-0.1, -0.05) is 18.2 Å². The largest absolute Gasteiger partial charge is 0.458 e. The van der Waals surface area contributed by atoms with Crippen LogP contribution in [0.3, 0.4) is 0 Å². The summed E-state index contributed by atoms with van der Waals surface area (Å²) in [4.78, 5) is 94.9. The number of sulfonamides is 1. The predicted octanol–water partition coefficient (Wildman–Crippen LogP) is 0.850. The zero-order valence-electron chi connectivity index (χ0n) is 31.7. The Kier molecular flexibility index (Phi) is 11.2. The Morgan fingerprint density at radius 1 is 1.12 bits per heavy atom. The van der Waals surface area contributed by atoms with E-state index in [1.165, 1.54) is 30.0 Å². The summed E-state index contributed by atoms with van der Waals surface area (Å²) in [5, 5.41) is 6.51. The molecule has 7 unspecified atom stereocenters. The second-order valence-electron chi connectivity index (χ2n) is 15.7. The number of halogens is 1. The number of cyclic esters (lactones) is 1. The van der Waals surface area contributed by atoms with Crippen molar-refractivity contribution in [3.63, 3.8) is 0 Å². The number of fused-ring (bicyclic) bond motifs is 1. The average Bonchev–Trinajstić information content (AvgIpc) is 4.02. The Balaban J connectivity index is 1.23. The number of likely N-dealkylation sites (tertiary alicyclic amines) is 1. The molecule has 0 aromatic heterocycles. The highest BCUT2D eigenvalue weighted by Gasteiger charge is 2.62. The van der Waals surface area contributed by atoms with Gasteiger partial charge in [-0.2, -0.15) is 0 Å².